The molecular formula is C14H24N6S. The zero-order valence-corrected chi connectivity index (χ0v) is 13.7. The van der Waals surface area contributed by atoms with Gasteiger partial charge in [0.05, 0.1) is 12.1 Å². The predicted molar refractivity (Wildman–Crippen MR) is 83.0 cm³/mol. The Morgan fingerprint density at radius 3 is 2.86 bits per heavy atom. The zero-order valence-electron chi connectivity index (χ0n) is 12.9. The third-order valence-corrected chi connectivity index (χ3v) is 5.43. The van der Waals surface area contributed by atoms with Crippen molar-refractivity contribution >= 4 is 11.8 Å². The molecular weight excluding hydrogens is 284 g/mol. The van der Waals surface area contributed by atoms with Crippen molar-refractivity contribution in [3.63, 3.8) is 0 Å². The summed E-state index contributed by atoms with van der Waals surface area (Å²) >= 11 is 1.70. The highest BCUT2D eigenvalue weighted by Gasteiger charge is 2.25. The van der Waals surface area contributed by atoms with Crippen LogP contribution in [0.15, 0.2) is 5.16 Å². The van der Waals surface area contributed by atoms with Crippen LogP contribution in [0, 0.1) is 11.3 Å². The first-order valence-corrected chi connectivity index (χ1v) is 8.74. The van der Waals surface area contributed by atoms with Crippen LogP contribution in [0.25, 0.3) is 0 Å². The van der Waals surface area contributed by atoms with Gasteiger partial charge < -0.3 is 5.32 Å². The standard InChI is InChI=1S/C14H24N6S/c1-3-14(11-15,16-2)9-6-10-21-13-17-18-19-20(13)12-7-4-5-8-12/h12,16H,3-10H2,1-2H3. The van der Waals surface area contributed by atoms with E-state index in [4.69, 9.17) is 0 Å². The minimum Gasteiger partial charge on any atom is -0.302 e. The molecule has 2 rings (SSSR count). The molecule has 0 aliphatic heterocycles. The van der Waals surface area contributed by atoms with Crippen LogP contribution in [0.1, 0.15) is 57.9 Å². The van der Waals surface area contributed by atoms with Gasteiger partial charge in [-0.25, -0.2) is 4.68 Å². The zero-order chi connectivity index (χ0) is 15.1. The summed E-state index contributed by atoms with van der Waals surface area (Å²) < 4.78 is 1.99. The fraction of sp³-hybridized carbons (Fsp3) is 0.857. The van der Waals surface area contributed by atoms with Crippen molar-refractivity contribution in [2.24, 2.45) is 0 Å². The van der Waals surface area contributed by atoms with E-state index in [2.05, 4.69) is 26.9 Å². The number of nitriles is 1. The molecule has 0 bridgehead atoms. The highest BCUT2D eigenvalue weighted by molar-refractivity contribution is 7.99. The summed E-state index contributed by atoms with van der Waals surface area (Å²) in [5.41, 5.74) is -0.391. The quantitative estimate of drug-likeness (QED) is 0.587. The summed E-state index contributed by atoms with van der Waals surface area (Å²) in [5.74, 6) is 0.943. The lowest BCUT2D eigenvalue weighted by Gasteiger charge is -2.24. The molecule has 0 spiro atoms. The van der Waals surface area contributed by atoms with E-state index < -0.39 is 5.54 Å². The molecule has 6 nitrogen and oxygen atoms in total. The van der Waals surface area contributed by atoms with Crippen LogP contribution in [0.4, 0.5) is 0 Å². The molecule has 1 fully saturated rings. The largest absolute Gasteiger partial charge is 0.302 e. The van der Waals surface area contributed by atoms with Crippen LogP contribution in [0.2, 0.25) is 0 Å². The second-order valence-electron chi connectivity index (χ2n) is 5.59. The van der Waals surface area contributed by atoms with Gasteiger partial charge in [0, 0.05) is 5.75 Å². The maximum atomic E-state index is 9.29. The number of hydrogen-bond donors (Lipinski definition) is 1. The van der Waals surface area contributed by atoms with Gasteiger partial charge in [-0.1, -0.05) is 31.5 Å². The monoisotopic (exact) mass is 308 g/mol. The molecule has 1 aromatic heterocycles. The Morgan fingerprint density at radius 1 is 1.48 bits per heavy atom. The van der Waals surface area contributed by atoms with E-state index in [1.54, 1.807) is 11.8 Å². The van der Waals surface area contributed by atoms with Gasteiger partial charge in [0.1, 0.15) is 5.54 Å². The van der Waals surface area contributed by atoms with Crippen molar-refractivity contribution < 1.29 is 0 Å². The van der Waals surface area contributed by atoms with Gasteiger partial charge in [-0.15, -0.1) is 5.10 Å². The van der Waals surface area contributed by atoms with E-state index in [9.17, 15) is 5.26 Å². The SMILES string of the molecule is CCC(C#N)(CCCSc1nnnn1C1CCCC1)NC. The van der Waals surface area contributed by atoms with E-state index >= 15 is 0 Å². The first-order chi connectivity index (χ1) is 10.2. The number of tetrazole rings is 1. The van der Waals surface area contributed by atoms with Gasteiger partial charge in [-0.05, 0) is 49.6 Å². The summed E-state index contributed by atoms with van der Waals surface area (Å²) in [4.78, 5) is 0. The van der Waals surface area contributed by atoms with Crippen LogP contribution >= 0.6 is 11.8 Å². The average molecular weight is 308 g/mol. The third kappa shape index (κ3) is 3.95. The molecule has 116 valence electrons. The first-order valence-electron chi connectivity index (χ1n) is 7.75. The van der Waals surface area contributed by atoms with Crippen LogP contribution in [-0.4, -0.2) is 38.5 Å². The Balaban J connectivity index is 1.82. The minimum absolute atomic E-state index is 0.391. The number of thioether (sulfide) groups is 1. The fourth-order valence-corrected chi connectivity index (χ4v) is 3.75. The van der Waals surface area contributed by atoms with Gasteiger partial charge in [0.15, 0.2) is 0 Å². The summed E-state index contributed by atoms with van der Waals surface area (Å²) in [6.07, 6.45) is 7.58. The molecule has 1 aliphatic carbocycles. The number of aromatic nitrogens is 4. The van der Waals surface area contributed by atoms with Crippen molar-refractivity contribution in [3.8, 4) is 6.07 Å². The maximum absolute atomic E-state index is 9.29. The second kappa shape index (κ2) is 7.76. The Morgan fingerprint density at radius 2 is 2.24 bits per heavy atom. The molecule has 1 atom stereocenters. The predicted octanol–water partition coefficient (Wildman–Crippen LogP) is 2.55. The molecule has 1 N–H and O–H groups in total. The second-order valence-corrected chi connectivity index (χ2v) is 6.66. The Labute approximate surface area is 130 Å². The third-order valence-electron chi connectivity index (χ3n) is 4.41. The van der Waals surface area contributed by atoms with Crippen LogP contribution in [-0.2, 0) is 0 Å². The van der Waals surface area contributed by atoms with Gasteiger partial charge in [0.2, 0.25) is 5.16 Å². The van der Waals surface area contributed by atoms with E-state index in [0.717, 1.165) is 30.2 Å². The van der Waals surface area contributed by atoms with Crippen LogP contribution < -0.4 is 5.32 Å². The molecule has 1 heterocycles. The molecule has 0 amide bonds. The smallest absolute Gasteiger partial charge is 0.209 e. The van der Waals surface area contributed by atoms with Gasteiger partial charge in [-0.3, -0.25) is 0 Å². The number of nitrogens with one attached hydrogen (secondary N) is 1. The lowest BCUT2D eigenvalue weighted by molar-refractivity contribution is 0.400. The molecule has 21 heavy (non-hydrogen) atoms. The summed E-state index contributed by atoms with van der Waals surface area (Å²) in [7, 11) is 1.86. The summed E-state index contributed by atoms with van der Waals surface area (Å²) in [6, 6.07) is 2.88. The number of nitrogens with zero attached hydrogens (tertiary/aromatic N) is 5. The van der Waals surface area contributed by atoms with Crippen molar-refractivity contribution in [2.45, 2.75) is 68.6 Å². The van der Waals surface area contributed by atoms with Crippen molar-refractivity contribution in [1.82, 2.24) is 25.5 Å². The molecule has 0 aromatic carbocycles. The molecule has 0 radical (unpaired) electrons. The normalized spacial score (nSPS) is 18.5. The Bertz CT molecular complexity index is 470. The summed E-state index contributed by atoms with van der Waals surface area (Å²) in [5, 5.41) is 25.5. The first kappa shape index (κ1) is 16.2. The van der Waals surface area contributed by atoms with Crippen molar-refractivity contribution in [3.05, 3.63) is 0 Å². The highest BCUT2D eigenvalue weighted by Crippen LogP contribution is 2.31. The topological polar surface area (TPSA) is 79.4 Å². The van der Waals surface area contributed by atoms with Crippen LogP contribution in [0.5, 0.6) is 0 Å². The molecule has 7 heteroatoms. The lowest BCUT2D eigenvalue weighted by atomic mass is 9.93. The molecule has 1 aromatic rings. The maximum Gasteiger partial charge on any atom is 0.209 e. The van der Waals surface area contributed by atoms with E-state index in [-0.39, 0.29) is 0 Å². The number of hydrogen-bond acceptors (Lipinski definition) is 6. The van der Waals surface area contributed by atoms with Gasteiger partial charge >= 0.3 is 0 Å². The summed E-state index contributed by atoms with van der Waals surface area (Å²) in [6.45, 7) is 2.05. The van der Waals surface area contributed by atoms with Gasteiger partial charge in [0.25, 0.3) is 0 Å². The molecule has 1 saturated carbocycles. The lowest BCUT2D eigenvalue weighted by Crippen LogP contribution is -2.40. The van der Waals surface area contributed by atoms with Crippen LogP contribution in [0.3, 0.4) is 0 Å². The molecule has 1 unspecified atom stereocenters. The van der Waals surface area contributed by atoms with Crippen molar-refractivity contribution in [1.29, 1.82) is 5.26 Å². The van der Waals surface area contributed by atoms with E-state index in [1.165, 1.54) is 25.7 Å². The minimum atomic E-state index is -0.391. The molecule has 0 saturated heterocycles. The number of rotatable bonds is 8. The van der Waals surface area contributed by atoms with Gasteiger partial charge in [-0.2, -0.15) is 5.26 Å². The Hall–Kier alpha value is -1.13. The van der Waals surface area contributed by atoms with E-state index in [1.807, 2.05) is 18.7 Å². The average Bonchev–Trinajstić information content (AvgIpc) is 3.19. The van der Waals surface area contributed by atoms with E-state index in [0.29, 0.717) is 6.04 Å². The molecule has 1 aliphatic rings. The Kier molecular flexibility index (Phi) is 6.00. The highest BCUT2D eigenvalue weighted by atomic mass is 32.2. The van der Waals surface area contributed by atoms with Crippen molar-refractivity contribution in [2.75, 3.05) is 12.8 Å². The fourth-order valence-electron chi connectivity index (χ4n) is 2.87.